The monoisotopic (exact) mass is 327 g/mol. The topological polar surface area (TPSA) is 91.8 Å². The second-order valence-corrected chi connectivity index (χ2v) is 6.10. The molecule has 0 radical (unpaired) electrons. The fourth-order valence-corrected chi connectivity index (χ4v) is 2.46. The molecule has 2 rings (SSSR count). The van der Waals surface area contributed by atoms with Crippen LogP contribution in [-0.4, -0.2) is 32.6 Å². The largest absolute Gasteiger partial charge is 0.744 e. The Morgan fingerprint density at radius 1 is 1.05 bits per heavy atom. The summed E-state index contributed by atoms with van der Waals surface area (Å²) in [4.78, 5) is 12.2. The molecule has 0 aliphatic carbocycles. The maximum absolute atomic E-state index is 10.8. The van der Waals surface area contributed by atoms with Crippen LogP contribution in [0.15, 0.2) is 44.4 Å². The van der Waals surface area contributed by atoms with Gasteiger partial charge in [-0.2, -0.15) is 0 Å². The average Bonchev–Trinajstić information content (AvgIpc) is 2.48. The first kappa shape index (κ1) is 18.3. The van der Waals surface area contributed by atoms with E-state index in [0.29, 0.717) is 5.39 Å². The highest BCUT2D eigenvalue weighted by Gasteiger charge is 2.03. The molecule has 1 heterocycles. The molecule has 1 N–H and O–H groups in total. The van der Waals surface area contributed by atoms with Crippen LogP contribution < -0.4 is 10.5 Å². The summed E-state index contributed by atoms with van der Waals surface area (Å²) in [7, 11) is -4.47. The molecule has 6 nitrogen and oxygen atoms in total. The highest BCUT2D eigenvalue weighted by atomic mass is 32.2. The molecular formula is C15H21NO5S. The lowest BCUT2D eigenvalue weighted by Gasteiger charge is -2.10. The Kier molecular flexibility index (Phi) is 6.73. The molecule has 0 amide bonds. The average molecular weight is 327 g/mol. The molecule has 0 bridgehead atoms. The van der Waals surface area contributed by atoms with Crippen LogP contribution >= 0.6 is 0 Å². The molecule has 22 heavy (non-hydrogen) atoms. The van der Waals surface area contributed by atoms with Crippen LogP contribution in [0, 0.1) is 0 Å². The molecule has 0 saturated carbocycles. The van der Waals surface area contributed by atoms with Crippen molar-refractivity contribution in [2.75, 3.05) is 19.6 Å². The molecule has 0 spiro atoms. The van der Waals surface area contributed by atoms with Gasteiger partial charge >= 0.3 is 5.63 Å². The number of hydrogen-bond donors (Lipinski definition) is 1. The van der Waals surface area contributed by atoms with E-state index in [-0.39, 0.29) is 10.5 Å². The highest BCUT2D eigenvalue weighted by molar-refractivity contribution is 7.85. The summed E-state index contributed by atoms with van der Waals surface area (Å²) in [5.74, 6) is 0. The van der Waals surface area contributed by atoms with Crippen LogP contribution in [-0.2, 0) is 10.1 Å². The zero-order chi connectivity index (χ0) is 16.8. The lowest BCUT2D eigenvalue weighted by Crippen LogP contribution is -3.11. The quantitative estimate of drug-likeness (QED) is 0.657. The van der Waals surface area contributed by atoms with E-state index in [0.717, 1.165) is 12.1 Å². The number of quaternary nitrogens is 1. The van der Waals surface area contributed by atoms with Crippen molar-refractivity contribution in [1.29, 1.82) is 0 Å². The Bertz CT molecular complexity index is 757. The smallest absolute Gasteiger partial charge is 0.336 e. The molecular weight excluding hydrogens is 306 g/mol. The molecule has 122 valence electrons. The predicted molar refractivity (Wildman–Crippen MR) is 83.0 cm³/mol. The number of benzene rings is 1. The molecule has 2 aromatic rings. The summed E-state index contributed by atoms with van der Waals surface area (Å²) in [6.45, 7) is 10.5. The van der Waals surface area contributed by atoms with Crippen molar-refractivity contribution >= 4 is 21.1 Å². The number of fused-ring (bicyclic) bond motifs is 1. The first-order valence-electron chi connectivity index (χ1n) is 7.15. The first-order valence-corrected chi connectivity index (χ1v) is 8.56. The minimum atomic E-state index is -4.47. The van der Waals surface area contributed by atoms with Gasteiger partial charge in [-0.25, -0.2) is 13.2 Å². The minimum Gasteiger partial charge on any atom is -0.744 e. The maximum atomic E-state index is 10.8. The molecule has 0 unspecified atom stereocenters. The van der Waals surface area contributed by atoms with Gasteiger partial charge in [-0.15, -0.1) is 0 Å². The van der Waals surface area contributed by atoms with Gasteiger partial charge in [-0.3, -0.25) is 0 Å². The van der Waals surface area contributed by atoms with Gasteiger partial charge in [0.2, 0.25) is 0 Å². The van der Waals surface area contributed by atoms with Gasteiger partial charge in [0.05, 0.1) is 24.5 Å². The van der Waals surface area contributed by atoms with Crippen LogP contribution in [0.1, 0.15) is 20.8 Å². The van der Waals surface area contributed by atoms with Crippen molar-refractivity contribution in [3.63, 3.8) is 0 Å². The lowest BCUT2D eigenvalue weighted by molar-refractivity contribution is -0.894. The van der Waals surface area contributed by atoms with Crippen LogP contribution in [0.25, 0.3) is 11.0 Å². The van der Waals surface area contributed by atoms with Crippen LogP contribution in [0.5, 0.6) is 0 Å². The number of hydrogen-bond acceptors (Lipinski definition) is 5. The van der Waals surface area contributed by atoms with Gasteiger partial charge in [0.15, 0.2) is 0 Å². The second kappa shape index (κ2) is 8.07. The van der Waals surface area contributed by atoms with Crippen molar-refractivity contribution in [2.24, 2.45) is 0 Å². The fourth-order valence-electron chi connectivity index (χ4n) is 1.96. The van der Waals surface area contributed by atoms with Crippen LogP contribution in [0.3, 0.4) is 0 Å². The zero-order valence-electron chi connectivity index (χ0n) is 13.0. The van der Waals surface area contributed by atoms with E-state index < -0.39 is 15.7 Å². The first-order chi connectivity index (χ1) is 10.3. The standard InChI is InChI=1S/C9H6O5S.C6H15N/c10-9-4-1-6-5-7(15(11,12)13)2-3-8(6)14-9;1-4-7(5-2)6-3/h1-5H,(H,11,12,13);4-6H2,1-3H3. The third kappa shape index (κ3) is 5.25. The Morgan fingerprint density at radius 2 is 1.64 bits per heavy atom. The molecule has 0 saturated heterocycles. The van der Waals surface area contributed by atoms with Crippen molar-refractivity contribution in [3.8, 4) is 0 Å². The molecule has 0 atom stereocenters. The summed E-state index contributed by atoms with van der Waals surface area (Å²) in [6, 6.07) is 6.11. The van der Waals surface area contributed by atoms with E-state index in [4.69, 9.17) is 4.42 Å². The highest BCUT2D eigenvalue weighted by Crippen LogP contribution is 2.17. The fraction of sp³-hybridized carbons (Fsp3) is 0.400. The predicted octanol–water partition coefficient (Wildman–Crippen LogP) is 0.628. The van der Waals surface area contributed by atoms with Gasteiger partial charge in [-0.1, -0.05) is 0 Å². The molecule has 0 fully saturated rings. The summed E-state index contributed by atoms with van der Waals surface area (Å²) >= 11 is 0. The van der Waals surface area contributed by atoms with E-state index in [1.807, 2.05) is 0 Å². The summed E-state index contributed by atoms with van der Waals surface area (Å²) < 4.78 is 36.9. The van der Waals surface area contributed by atoms with Crippen molar-refractivity contribution in [2.45, 2.75) is 25.7 Å². The number of nitrogens with one attached hydrogen (secondary N) is 1. The normalized spacial score (nSPS) is 11.3. The van der Waals surface area contributed by atoms with Gasteiger partial charge in [0.25, 0.3) is 0 Å². The van der Waals surface area contributed by atoms with Gasteiger partial charge in [-0.05, 0) is 45.0 Å². The molecule has 1 aromatic carbocycles. The SMILES string of the molecule is CC[NH+](CC)CC.O=c1ccc2cc(S(=O)(=O)[O-])ccc2o1. The minimum absolute atomic E-state index is 0.245. The molecule has 0 aliphatic rings. The van der Waals surface area contributed by atoms with Gasteiger partial charge in [0, 0.05) is 11.5 Å². The summed E-state index contributed by atoms with van der Waals surface area (Å²) in [5, 5.41) is 0.395. The van der Waals surface area contributed by atoms with Gasteiger partial charge < -0.3 is 13.9 Å². The molecule has 7 heteroatoms. The van der Waals surface area contributed by atoms with E-state index in [2.05, 4.69) is 20.8 Å². The Balaban J connectivity index is 0.000000295. The maximum Gasteiger partial charge on any atom is 0.336 e. The van der Waals surface area contributed by atoms with E-state index in [1.165, 1.54) is 37.8 Å². The summed E-state index contributed by atoms with van der Waals surface area (Å²) in [5.41, 5.74) is -0.282. The molecule has 1 aromatic heterocycles. The van der Waals surface area contributed by atoms with Crippen molar-refractivity contribution in [1.82, 2.24) is 0 Å². The summed E-state index contributed by atoms with van der Waals surface area (Å²) in [6.07, 6.45) is 0. The third-order valence-electron chi connectivity index (χ3n) is 3.38. The van der Waals surface area contributed by atoms with Crippen molar-refractivity contribution < 1.29 is 22.3 Å². The Labute approximate surface area is 130 Å². The lowest BCUT2D eigenvalue weighted by atomic mass is 10.2. The molecule has 0 aliphatic heterocycles. The second-order valence-electron chi connectivity index (χ2n) is 4.72. The Hall–Kier alpha value is -1.70. The Morgan fingerprint density at radius 3 is 2.09 bits per heavy atom. The van der Waals surface area contributed by atoms with Gasteiger partial charge in [0.1, 0.15) is 15.7 Å². The van der Waals surface area contributed by atoms with E-state index in [9.17, 15) is 17.8 Å². The van der Waals surface area contributed by atoms with E-state index >= 15 is 0 Å². The number of rotatable bonds is 4. The van der Waals surface area contributed by atoms with Crippen LogP contribution in [0.2, 0.25) is 0 Å². The van der Waals surface area contributed by atoms with Crippen LogP contribution in [0.4, 0.5) is 0 Å². The van der Waals surface area contributed by atoms with Crippen molar-refractivity contribution in [3.05, 3.63) is 40.8 Å². The zero-order valence-corrected chi connectivity index (χ0v) is 13.8. The third-order valence-corrected chi connectivity index (χ3v) is 4.21. The van der Waals surface area contributed by atoms with E-state index in [1.54, 1.807) is 4.90 Å².